The fourth-order valence-corrected chi connectivity index (χ4v) is 4.49. The van der Waals surface area contributed by atoms with E-state index in [2.05, 4.69) is 29.2 Å². The minimum Gasteiger partial charge on any atom is -0.338 e. The summed E-state index contributed by atoms with van der Waals surface area (Å²) >= 11 is 0. The molecule has 1 spiro atoms. The van der Waals surface area contributed by atoms with Gasteiger partial charge in [0.25, 0.3) is 0 Å². The van der Waals surface area contributed by atoms with E-state index in [1.807, 2.05) is 0 Å². The minimum absolute atomic E-state index is 0. The second-order valence-electron chi connectivity index (χ2n) is 6.63. The Hall–Kier alpha value is -1.06. The van der Waals surface area contributed by atoms with Crippen molar-refractivity contribution in [1.29, 1.82) is 0 Å². The Morgan fingerprint density at radius 3 is 3.00 bits per heavy atom. The van der Waals surface area contributed by atoms with Crippen molar-refractivity contribution in [3.63, 3.8) is 0 Å². The highest BCUT2D eigenvalue weighted by Gasteiger charge is 2.62. The van der Waals surface area contributed by atoms with Gasteiger partial charge in [-0.15, -0.1) is 12.4 Å². The Kier molecular flexibility index (Phi) is 3.74. The number of carbonyl (C=O) groups excluding carboxylic acids is 1. The van der Waals surface area contributed by atoms with E-state index in [1.54, 1.807) is 0 Å². The zero-order chi connectivity index (χ0) is 13.7. The van der Waals surface area contributed by atoms with E-state index in [0.29, 0.717) is 12.5 Å². The first-order valence-electron chi connectivity index (χ1n) is 7.85. The van der Waals surface area contributed by atoms with E-state index in [9.17, 15) is 4.79 Å². The molecule has 1 amide bonds. The highest BCUT2D eigenvalue weighted by Crippen LogP contribution is 2.62. The van der Waals surface area contributed by atoms with E-state index >= 15 is 0 Å². The topological polar surface area (TPSA) is 46.3 Å². The Bertz CT molecular complexity index is 561. The standard InChI is InChI=1S/C17H22N2O.ClH/c18-11-13-5-3-9-19(13)16(20)15-10-17(15)8-7-12-4-1-2-6-14(12)17;/h1-2,4,6,13,15H,3,5,7-11,18H2;1H. The number of aryl methyl sites for hydroxylation is 1. The predicted octanol–water partition coefficient (Wildman–Crippen LogP) is 2.26. The molecule has 4 rings (SSSR count). The van der Waals surface area contributed by atoms with Crippen molar-refractivity contribution in [2.75, 3.05) is 13.1 Å². The number of likely N-dealkylation sites (tertiary alicyclic amines) is 1. The first-order valence-corrected chi connectivity index (χ1v) is 7.85. The molecule has 1 aromatic rings. The van der Waals surface area contributed by atoms with Crippen LogP contribution in [0, 0.1) is 5.92 Å². The Morgan fingerprint density at radius 1 is 1.38 bits per heavy atom. The molecule has 3 aliphatic rings. The molecule has 2 aliphatic carbocycles. The normalized spacial score (nSPS) is 32.9. The summed E-state index contributed by atoms with van der Waals surface area (Å²) in [7, 11) is 0. The monoisotopic (exact) mass is 306 g/mol. The van der Waals surface area contributed by atoms with Crippen molar-refractivity contribution in [2.24, 2.45) is 11.7 Å². The maximum absolute atomic E-state index is 12.8. The van der Waals surface area contributed by atoms with Gasteiger partial charge in [-0.05, 0) is 43.2 Å². The van der Waals surface area contributed by atoms with Gasteiger partial charge in [-0.25, -0.2) is 0 Å². The lowest BCUT2D eigenvalue weighted by atomic mass is 9.95. The van der Waals surface area contributed by atoms with Crippen LogP contribution < -0.4 is 5.73 Å². The maximum atomic E-state index is 12.8. The molecule has 0 bridgehead atoms. The SMILES string of the molecule is Cl.NCC1CCCN1C(=O)C1CC12CCc1ccccc12. The molecule has 0 aromatic heterocycles. The molecule has 3 atom stereocenters. The molecular formula is C17H23ClN2O. The molecule has 1 aliphatic heterocycles. The van der Waals surface area contributed by atoms with E-state index in [1.165, 1.54) is 11.1 Å². The van der Waals surface area contributed by atoms with Crippen LogP contribution in [0.5, 0.6) is 0 Å². The summed E-state index contributed by atoms with van der Waals surface area (Å²) in [4.78, 5) is 14.9. The average Bonchev–Trinajstić information content (AvgIpc) is 2.84. The average molecular weight is 307 g/mol. The number of benzene rings is 1. The van der Waals surface area contributed by atoms with E-state index in [0.717, 1.165) is 38.6 Å². The van der Waals surface area contributed by atoms with Crippen LogP contribution in [0.4, 0.5) is 0 Å². The summed E-state index contributed by atoms with van der Waals surface area (Å²) in [5, 5.41) is 0. The number of amides is 1. The lowest BCUT2D eigenvalue weighted by Gasteiger charge is -2.25. The smallest absolute Gasteiger partial charge is 0.226 e. The molecule has 3 unspecified atom stereocenters. The molecular weight excluding hydrogens is 284 g/mol. The summed E-state index contributed by atoms with van der Waals surface area (Å²) in [6.45, 7) is 1.52. The van der Waals surface area contributed by atoms with Gasteiger partial charge in [-0.1, -0.05) is 24.3 Å². The molecule has 1 saturated carbocycles. The third kappa shape index (κ3) is 2.09. The lowest BCUT2D eigenvalue weighted by Crippen LogP contribution is -2.41. The van der Waals surface area contributed by atoms with Gasteiger partial charge in [0.2, 0.25) is 5.91 Å². The van der Waals surface area contributed by atoms with Gasteiger partial charge in [0.05, 0.1) is 0 Å². The van der Waals surface area contributed by atoms with Gasteiger partial charge in [-0.2, -0.15) is 0 Å². The van der Waals surface area contributed by atoms with Crippen LogP contribution in [0.15, 0.2) is 24.3 Å². The zero-order valence-electron chi connectivity index (χ0n) is 12.3. The van der Waals surface area contributed by atoms with Crippen molar-refractivity contribution >= 4 is 18.3 Å². The van der Waals surface area contributed by atoms with E-state index in [4.69, 9.17) is 5.73 Å². The number of fused-ring (bicyclic) bond motifs is 2. The van der Waals surface area contributed by atoms with Crippen LogP contribution in [0.3, 0.4) is 0 Å². The molecule has 1 saturated heterocycles. The largest absolute Gasteiger partial charge is 0.338 e. The molecule has 2 fully saturated rings. The Labute approximate surface area is 132 Å². The third-order valence-electron chi connectivity index (χ3n) is 5.70. The van der Waals surface area contributed by atoms with Gasteiger partial charge < -0.3 is 10.6 Å². The summed E-state index contributed by atoms with van der Waals surface area (Å²) in [5.41, 5.74) is 8.89. The van der Waals surface area contributed by atoms with Crippen LogP contribution in [0.2, 0.25) is 0 Å². The van der Waals surface area contributed by atoms with Gasteiger partial charge in [-0.3, -0.25) is 4.79 Å². The number of halogens is 1. The lowest BCUT2D eigenvalue weighted by molar-refractivity contribution is -0.133. The van der Waals surface area contributed by atoms with Crippen LogP contribution in [-0.2, 0) is 16.6 Å². The zero-order valence-corrected chi connectivity index (χ0v) is 13.1. The van der Waals surface area contributed by atoms with E-state index < -0.39 is 0 Å². The predicted molar refractivity (Wildman–Crippen MR) is 85.6 cm³/mol. The minimum atomic E-state index is 0. The summed E-state index contributed by atoms with van der Waals surface area (Å²) in [5.74, 6) is 0.591. The number of carbonyl (C=O) groups is 1. The number of nitrogens with zero attached hydrogens (tertiary/aromatic N) is 1. The highest BCUT2D eigenvalue weighted by molar-refractivity contribution is 5.86. The molecule has 3 nitrogen and oxygen atoms in total. The first kappa shape index (κ1) is 14.9. The fraction of sp³-hybridized carbons (Fsp3) is 0.588. The van der Waals surface area contributed by atoms with Crippen LogP contribution in [0.25, 0.3) is 0 Å². The van der Waals surface area contributed by atoms with Crippen LogP contribution >= 0.6 is 12.4 Å². The fourth-order valence-electron chi connectivity index (χ4n) is 4.49. The van der Waals surface area contributed by atoms with Crippen molar-refractivity contribution in [3.8, 4) is 0 Å². The van der Waals surface area contributed by atoms with Gasteiger partial charge in [0.1, 0.15) is 0 Å². The molecule has 2 N–H and O–H groups in total. The van der Waals surface area contributed by atoms with Crippen molar-refractivity contribution in [2.45, 2.75) is 43.6 Å². The molecule has 1 heterocycles. The number of hydrogen-bond donors (Lipinski definition) is 1. The van der Waals surface area contributed by atoms with Crippen molar-refractivity contribution in [3.05, 3.63) is 35.4 Å². The molecule has 0 radical (unpaired) electrons. The molecule has 21 heavy (non-hydrogen) atoms. The third-order valence-corrected chi connectivity index (χ3v) is 5.70. The van der Waals surface area contributed by atoms with Crippen LogP contribution in [0.1, 0.15) is 36.8 Å². The number of hydrogen-bond acceptors (Lipinski definition) is 2. The first-order chi connectivity index (χ1) is 9.76. The molecule has 1 aromatic carbocycles. The summed E-state index contributed by atoms with van der Waals surface area (Å²) < 4.78 is 0. The van der Waals surface area contributed by atoms with Gasteiger partial charge in [0, 0.05) is 30.5 Å². The number of rotatable bonds is 2. The van der Waals surface area contributed by atoms with Crippen molar-refractivity contribution < 1.29 is 4.79 Å². The highest BCUT2D eigenvalue weighted by atomic mass is 35.5. The van der Waals surface area contributed by atoms with Crippen molar-refractivity contribution in [1.82, 2.24) is 4.90 Å². The molecule has 4 heteroatoms. The second kappa shape index (κ2) is 5.29. The van der Waals surface area contributed by atoms with E-state index in [-0.39, 0.29) is 29.8 Å². The quantitative estimate of drug-likeness (QED) is 0.911. The Balaban J connectivity index is 0.00000132. The van der Waals surface area contributed by atoms with Gasteiger partial charge in [0.15, 0.2) is 0 Å². The Morgan fingerprint density at radius 2 is 2.19 bits per heavy atom. The van der Waals surface area contributed by atoms with Gasteiger partial charge >= 0.3 is 0 Å². The second-order valence-corrected chi connectivity index (χ2v) is 6.63. The maximum Gasteiger partial charge on any atom is 0.226 e. The number of nitrogens with two attached hydrogens (primary N) is 1. The molecule has 114 valence electrons. The summed E-state index contributed by atoms with van der Waals surface area (Å²) in [6.07, 6.45) is 5.54. The summed E-state index contributed by atoms with van der Waals surface area (Å²) in [6, 6.07) is 8.98. The van der Waals surface area contributed by atoms with Crippen LogP contribution in [-0.4, -0.2) is 29.9 Å².